The van der Waals surface area contributed by atoms with E-state index in [0.29, 0.717) is 0 Å². The summed E-state index contributed by atoms with van der Waals surface area (Å²) in [4.78, 5) is 14.9. The molecule has 0 spiro atoms. The van der Waals surface area contributed by atoms with Gasteiger partial charge in [0.25, 0.3) is 0 Å². The number of hydrogen-bond acceptors (Lipinski definition) is 4. The van der Waals surface area contributed by atoms with Crippen LogP contribution in [0.2, 0.25) is 0 Å². The van der Waals surface area contributed by atoms with E-state index in [1.165, 1.54) is 16.8 Å². The lowest BCUT2D eigenvalue weighted by atomic mass is 9.66. The summed E-state index contributed by atoms with van der Waals surface area (Å²) in [7, 11) is 0. The molecule has 1 unspecified atom stereocenters. The first-order valence-corrected chi connectivity index (χ1v) is 12.5. The molecule has 0 amide bonds. The second kappa shape index (κ2) is 7.69. The zero-order valence-corrected chi connectivity index (χ0v) is 21.6. The van der Waals surface area contributed by atoms with Gasteiger partial charge in [0.1, 0.15) is 6.17 Å². The molecule has 5 heteroatoms. The van der Waals surface area contributed by atoms with Crippen molar-refractivity contribution in [3.05, 3.63) is 82.6 Å². The number of hydrogen-bond donors (Lipinski definition) is 0. The summed E-state index contributed by atoms with van der Waals surface area (Å²) in [6, 6.07) is 17.2. The van der Waals surface area contributed by atoms with Crippen molar-refractivity contribution in [1.82, 2.24) is 9.97 Å². The molecule has 1 atom stereocenters. The van der Waals surface area contributed by atoms with Gasteiger partial charge in [0.15, 0.2) is 11.6 Å². The van der Waals surface area contributed by atoms with Crippen LogP contribution in [0.5, 0.6) is 0 Å². The Morgan fingerprint density at radius 2 is 1.70 bits per heavy atom. The van der Waals surface area contributed by atoms with Gasteiger partial charge in [0, 0.05) is 21.0 Å². The van der Waals surface area contributed by atoms with E-state index in [9.17, 15) is 0 Å². The lowest BCUT2D eigenvalue weighted by Gasteiger charge is -2.49. The lowest BCUT2D eigenvalue weighted by molar-refractivity contribution is 0.425. The third-order valence-electron chi connectivity index (χ3n) is 7.35. The van der Waals surface area contributed by atoms with Crippen molar-refractivity contribution in [3.8, 4) is 0 Å². The van der Waals surface area contributed by atoms with Crippen molar-refractivity contribution >= 4 is 38.9 Å². The molecular weight excluding hydrogens is 472 g/mol. The van der Waals surface area contributed by atoms with E-state index in [4.69, 9.17) is 16.5 Å². The van der Waals surface area contributed by atoms with Crippen molar-refractivity contribution < 1.29 is 0 Å². The van der Waals surface area contributed by atoms with E-state index in [-0.39, 0.29) is 17.0 Å². The fourth-order valence-corrected chi connectivity index (χ4v) is 5.79. The van der Waals surface area contributed by atoms with Gasteiger partial charge in [-0.1, -0.05) is 81.4 Å². The molecule has 0 N–H and O–H groups in total. The van der Waals surface area contributed by atoms with Crippen LogP contribution in [-0.2, 0) is 10.8 Å². The number of para-hydroxylation sites is 1. The molecule has 0 radical (unpaired) electrons. The predicted molar refractivity (Wildman–Crippen MR) is 141 cm³/mol. The van der Waals surface area contributed by atoms with Gasteiger partial charge in [-0.25, -0.2) is 9.97 Å². The van der Waals surface area contributed by atoms with Crippen LogP contribution in [0.25, 0.3) is 0 Å². The zero-order chi connectivity index (χ0) is 23.5. The number of nitrogens with zero attached hydrogens (tertiary/aromatic N) is 4. The van der Waals surface area contributed by atoms with Crippen LogP contribution in [0.4, 0.5) is 23.0 Å². The van der Waals surface area contributed by atoms with Crippen LogP contribution in [0.1, 0.15) is 58.7 Å². The monoisotopic (exact) mass is 502 g/mol. The second-order valence-electron chi connectivity index (χ2n) is 10.1. The third-order valence-corrected chi connectivity index (χ3v) is 7.85. The highest BCUT2D eigenvalue weighted by molar-refractivity contribution is 9.10. The first-order chi connectivity index (χ1) is 15.7. The molecule has 0 bridgehead atoms. The van der Waals surface area contributed by atoms with Gasteiger partial charge >= 0.3 is 0 Å². The van der Waals surface area contributed by atoms with Crippen LogP contribution in [0.3, 0.4) is 0 Å². The molecule has 170 valence electrons. The van der Waals surface area contributed by atoms with E-state index in [0.717, 1.165) is 40.3 Å². The molecule has 1 aromatic heterocycles. The number of rotatable bonds is 3. The Morgan fingerprint density at radius 1 is 1.00 bits per heavy atom. The van der Waals surface area contributed by atoms with E-state index in [2.05, 4.69) is 109 Å². The maximum Gasteiger partial charge on any atom is 0.179 e. The summed E-state index contributed by atoms with van der Waals surface area (Å²) in [5.41, 5.74) is 5.58. The minimum atomic E-state index is -0.112. The van der Waals surface area contributed by atoms with Crippen LogP contribution in [0.15, 0.2) is 71.4 Å². The summed E-state index contributed by atoms with van der Waals surface area (Å²) < 4.78 is 1.06. The summed E-state index contributed by atoms with van der Waals surface area (Å²) in [5.74, 6) is 1.78. The van der Waals surface area contributed by atoms with Gasteiger partial charge in [-0.05, 0) is 48.2 Å². The van der Waals surface area contributed by atoms with Gasteiger partial charge < -0.3 is 0 Å². The molecule has 0 saturated heterocycles. The number of halogens is 1. The van der Waals surface area contributed by atoms with Crippen LogP contribution in [0, 0.1) is 0 Å². The molecule has 5 rings (SSSR count). The van der Waals surface area contributed by atoms with E-state index < -0.39 is 0 Å². The lowest BCUT2D eigenvalue weighted by Crippen LogP contribution is -2.50. The average molecular weight is 503 g/mol. The molecule has 2 aliphatic heterocycles. The van der Waals surface area contributed by atoms with Crippen molar-refractivity contribution in [2.45, 2.75) is 64.5 Å². The Balaban J connectivity index is 1.84. The van der Waals surface area contributed by atoms with Crippen LogP contribution < -0.4 is 9.80 Å². The quantitative estimate of drug-likeness (QED) is 0.342. The van der Waals surface area contributed by atoms with E-state index in [1.54, 1.807) is 0 Å². The minimum absolute atomic E-state index is 0.0840. The molecule has 0 saturated carbocycles. The highest BCUT2D eigenvalue weighted by atomic mass is 79.9. The molecule has 4 nitrogen and oxygen atoms in total. The third kappa shape index (κ3) is 3.16. The molecule has 0 fully saturated rings. The van der Waals surface area contributed by atoms with Crippen molar-refractivity contribution in [2.24, 2.45) is 0 Å². The molecule has 2 aromatic carbocycles. The topological polar surface area (TPSA) is 32.3 Å². The standard InChI is InChI=1S/C28H31BrN4/c1-7-28(8-2)18(3)26-32(20-12-10-9-11-13-20)25-24(30-17-23(31-25)27(4,5)6)33(26)22-16-19(29)14-15-21(22)28/h9-17,26H,3,7-8H2,1-2,4-6H3. The van der Waals surface area contributed by atoms with E-state index in [1.807, 2.05) is 6.20 Å². The highest BCUT2D eigenvalue weighted by Gasteiger charge is 2.52. The Hall–Kier alpha value is -2.66. The Morgan fingerprint density at radius 3 is 2.33 bits per heavy atom. The van der Waals surface area contributed by atoms with Crippen LogP contribution in [-0.4, -0.2) is 16.1 Å². The summed E-state index contributed by atoms with van der Waals surface area (Å²) in [6.45, 7) is 15.9. The molecule has 2 aliphatic rings. The molecule has 3 aromatic rings. The number of anilines is 4. The predicted octanol–water partition coefficient (Wildman–Crippen LogP) is 7.78. The van der Waals surface area contributed by atoms with Gasteiger partial charge in [0.05, 0.1) is 17.6 Å². The first-order valence-electron chi connectivity index (χ1n) is 11.7. The normalized spacial score (nSPS) is 18.7. The largest absolute Gasteiger partial charge is 0.298 e. The van der Waals surface area contributed by atoms with Gasteiger partial charge in [-0.15, -0.1) is 0 Å². The maximum atomic E-state index is 5.20. The molecule has 3 heterocycles. The highest BCUT2D eigenvalue weighted by Crippen LogP contribution is 2.58. The summed E-state index contributed by atoms with van der Waals surface area (Å²) in [5, 5.41) is 0. The number of fused-ring (bicyclic) bond motifs is 5. The fraction of sp³-hybridized carbons (Fsp3) is 0.357. The zero-order valence-electron chi connectivity index (χ0n) is 20.1. The Kier molecular flexibility index (Phi) is 5.16. The van der Waals surface area contributed by atoms with E-state index >= 15 is 0 Å². The fourth-order valence-electron chi connectivity index (χ4n) is 5.44. The van der Waals surface area contributed by atoms with Gasteiger partial charge in [-0.2, -0.15) is 0 Å². The second-order valence-corrected chi connectivity index (χ2v) is 11.0. The first kappa shape index (κ1) is 22.1. The average Bonchev–Trinajstić information content (AvgIpc) is 3.15. The van der Waals surface area contributed by atoms with Gasteiger partial charge in [-0.3, -0.25) is 9.80 Å². The minimum Gasteiger partial charge on any atom is -0.298 e. The number of benzene rings is 2. The van der Waals surface area contributed by atoms with Crippen LogP contribution >= 0.6 is 15.9 Å². The maximum absolute atomic E-state index is 5.20. The molecule has 33 heavy (non-hydrogen) atoms. The number of aromatic nitrogens is 2. The van der Waals surface area contributed by atoms with Gasteiger partial charge in [0.2, 0.25) is 0 Å². The van der Waals surface area contributed by atoms with Crippen molar-refractivity contribution in [3.63, 3.8) is 0 Å². The Bertz CT molecular complexity index is 1220. The molecule has 0 aliphatic carbocycles. The Labute approximate surface area is 205 Å². The summed E-state index contributed by atoms with van der Waals surface area (Å²) >= 11 is 3.72. The SMILES string of the molecule is C=C1C2N(c3ccccc3)c3nc(C(C)(C)C)cnc3N2c2cc(Br)ccc2C1(CC)CC. The smallest absolute Gasteiger partial charge is 0.179 e. The summed E-state index contributed by atoms with van der Waals surface area (Å²) in [6.07, 6.45) is 3.84. The van der Waals surface area contributed by atoms with Crippen molar-refractivity contribution in [1.29, 1.82) is 0 Å². The molecular formula is C28H31BrN4. The van der Waals surface area contributed by atoms with Crippen molar-refractivity contribution in [2.75, 3.05) is 9.80 Å².